The fourth-order valence-electron chi connectivity index (χ4n) is 5.72. The van der Waals surface area contributed by atoms with Crippen molar-refractivity contribution in [2.45, 2.75) is 43.7 Å². The second kappa shape index (κ2) is 10.1. The summed E-state index contributed by atoms with van der Waals surface area (Å²) in [6, 6.07) is 15.2. The Labute approximate surface area is 204 Å². The second-order valence-corrected chi connectivity index (χ2v) is 9.59. The normalized spacial score (nSPS) is 20.3. The summed E-state index contributed by atoms with van der Waals surface area (Å²) in [5.74, 6) is -1.61. The highest BCUT2D eigenvalue weighted by atomic mass is 16.5. The van der Waals surface area contributed by atoms with Crippen LogP contribution >= 0.6 is 0 Å². The Morgan fingerprint density at radius 2 is 1.60 bits per heavy atom. The van der Waals surface area contributed by atoms with E-state index in [4.69, 9.17) is 4.74 Å². The molecule has 184 valence electrons. The highest BCUT2D eigenvalue weighted by molar-refractivity contribution is 5.89. The number of rotatable bonds is 7. The number of hydrogen-bond donors (Lipinski definition) is 2. The van der Waals surface area contributed by atoms with Crippen LogP contribution < -0.4 is 5.32 Å². The number of nitrogens with one attached hydrogen (secondary N) is 1. The molecule has 2 fully saturated rings. The van der Waals surface area contributed by atoms with E-state index in [0.717, 1.165) is 41.8 Å². The van der Waals surface area contributed by atoms with E-state index in [1.54, 1.807) is 4.90 Å². The van der Waals surface area contributed by atoms with Crippen LogP contribution in [0, 0.1) is 0 Å². The van der Waals surface area contributed by atoms with Crippen LogP contribution in [0.5, 0.6) is 0 Å². The molecule has 2 atom stereocenters. The van der Waals surface area contributed by atoms with Gasteiger partial charge in [0.05, 0.1) is 6.42 Å². The summed E-state index contributed by atoms with van der Waals surface area (Å²) < 4.78 is 5.55. The molecule has 2 aromatic carbocycles. The highest BCUT2D eigenvalue weighted by Crippen LogP contribution is 2.44. The zero-order valence-electron chi connectivity index (χ0n) is 19.7. The summed E-state index contributed by atoms with van der Waals surface area (Å²) in [7, 11) is 0. The first-order chi connectivity index (χ1) is 17.0. The van der Waals surface area contributed by atoms with Gasteiger partial charge in [-0.15, -0.1) is 0 Å². The van der Waals surface area contributed by atoms with Crippen LogP contribution in [0.15, 0.2) is 48.5 Å². The summed E-state index contributed by atoms with van der Waals surface area (Å²) in [4.78, 5) is 41.4. The van der Waals surface area contributed by atoms with Gasteiger partial charge in [0.15, 0.2) is 0 Å². The maximum absolute atomic E-state index is 13.1. The first-order valence-corrected chi connectivity index (χ1v) is 12.4. The fourth-order valence-corrected chi connectivity index (χ4v) is 5.72. The number of carboxylic acids is 1. The molecular weight excluding hydrogens is 446 g/mol. The minimum absolute atomic E-state index is 0.106. The lowest BCUT2D eigenvalue weighted by molar-refractivity contribution is -0.142. The maximum atomic E-state index is 13.1. The zero-order chi connectivity index (χ0) is 24.4. The van der Waals surface area contributed by atoms with Crippen molar-refractivity contribution in [3.63, 3.8) is 0 Å². The van der Waals surface area contributed by atoms with Gasteiger partial charge in [-0.3, -0.25) is 14.5 Å². The largest absolute Gasteiger partial charge is 0.481 e. The molecule has 8 heteroatoms. The van der Waals surface area contributed by atoms with Crippen molar-refractivity contribution in [3.05, 3.63) is 59.7 Å². The van der Waals surface area contributed by atoms with Crippen molar-refractivity contribution in [2.24, 2.45) is 0 Å². The second-order valence-electron chi connectivity index (χ2n) is 9.59. The number of hydrogen-bond acceptors (Lipinski definition) is 5. The summed E-state index contributed by atoms with van der Waals surface area (Å²) in [5.41, 5.74) is 4.42. The van der Waals surface area contributed by atoms with Crippen LogP contribution in [0.4, 0.5) is 4.79 Å². The number of carbonyl (C=O) groups excluding carboxylic acids is 2. The summed E-state index contributed by atoms with van der Waals surface area (Å²) in [6.45, 7) is 3.34. The molecule has 5 rings (SSSR count). The molecule has 0 bridgehead atoms. The van der Waals surface area contributed by atoms with Crippen LogP contribution in [0.1, 0.15) is 42.7 Å². The average Bonchev–Trinajstić information content (AvgIpc) is 3.61. The molecule has 2 amide bonds. The van der Waals surface area contributed by atoms with Crippen LogP contribution in [0.2, 0.25) is 0 Å². The highest BCUT2D eigenvalue weighted by Gasteiger charge is 2.36. The van der Waals surface area contributed by atoms with Crippen molar-refractivity contribution in [2.75, 3.05) is 32.8 Å². The molecule has 0 spiro atoms. The average molecular weight is 478 g/mol. The SMILES string of the molecule is O=C(O)CC(NC(=O)OCC1c2ccccc2-c2ccccc21)C(=O)N1CCC(N2CCCC2)C1. The number of amides is 2. The summed E-state index contributed by atoms with van der Waals surface area (Å²) >= 11 is 0. The lowest BCUT2D eigenvalue weighted by Crippen LogP contribution is -2.50. The van der Waals surface area contributed by atoms with Crippen LogP contribution in [0.3, 0.4) is 0 Å². The van der Waals surface area contributed by atoms with Crippen LogP contribution in [-0.2, 0) is 14.3 Å². The number of ether oxygens (including phenoxy) is 1. The molecule has 0 radical (unpaired) electrons. The van der Waals surface area contributed by atoms with Gasteiger partial charge in [-0.1, -0.05) is 48.5 Å². The zero-order valence-corrected chi connectivity index (χ0v) is 19.7. The molecule has 3 aliphatic rings. The van der Waals surface area contributed by atoms with E-state index >= 15 is 0 Å². The van der Waals surface area contributed by atoms with Crippen molar-refractivity contribution in [1.29, 1.82) is 0 Å². The van der Waals surface area contributed by atoms with E-state index in [1.807, 2.05) is 36.4 Å². The first kappa shape index (κ1) is 23.4. The van der Waals surface area contributed by atoms with E-state index in [-0.39, 0.29) is 18.4 Å². The minimum atomic E-state index is -1.15. The van der Waals surface area contributed by atoms with Gasteiger partial charge in [-0.25, -0.2) is 4.79 Å². The van der Waals surface area contributed by atoms with E-state index in [1.165, 1.54) is 12.8 Å². The monoisotopic (exact) mass is 477 g/mol. The molecule has 0 aromatic heterocycles. The fraction of sp³-hybridized carbons (Fsp3) is 0.444. The Bertz CT molecular complexity index is 1070. The van der Waals surface area contributed by atoms with Gasteiger partial charge >= 0.3 is 12.1 Å². The van der Waals surface area contributed by atoms with Gasteiger partial charge in [0.1, 0.15) is 12.6 Å². The number of likely N-dealkylation sites (tertiary alicyclic amines) is 2. The van der Waals surface area contributed by atoms with Gasteiger partial charge in [-0.05, 0) is 54.6 Å². The van der Waals surface area contributed by atoms with Gasteiger partial charge in [0, 0.05) is 25.0 Å². The Morgan fingerprint density at radius 1 is 0.971 bits per heavy atom. The molecular formula is C27H31N3O5. The van der Waals surface area contributed by atoms with E-state index in [9.17, 15) is 19.5 Å². The third-order valence-corrected chi connectivity index (χ3v) is 7.44. The number of carbonyl (C=O) groups is 3. The molecule has 0 saturated carbocycles. The smallest absolute Gasteiger partial charge is 0.407 e. The molecule has 2 aliphatic heterocycles. The number of benzene rings is 2. The standard InChI is InChI=1S/C27H31N3O5/c31-25(32)15-24(26(33)30-14-11-18(16-30)29-12-5-6-13-29)28-27(34)35-17-23-21-9-3-1-7-19(21)20-8-2-4-10-22(20)23/h1-4,7-10,18,23-24H,5-6,11-17H2,(H,28,34)(H,31,32). The van der Waals surface area contributed by atoms with E-state index < -0.39 is 24.5 Å². The lowest BCUT2D eigenvalue weighted by atomic mass is 9.98. The predicted octanol–water partition coefficient (Wildman–Crippen LogP) is 3.07. The Kier molecular flexibility index (Phi) is 6.72. The van der Waals surface area contributed by atoms with Crippen LogP contribution in [0.25, 0.3) is 11.1 Å². The molecule has 2 unspecified atom stereocenters. The minimum Gasteiger partial charge on any atom is -0.481 e. The number of carboxylic acid groups (broad SMARTS) is 1. The first-order valence-electron chi connectivity index (χ1n) is 12.4. The van der Waals surface area contributed by atoms with Gasteiger partial charge < -0.3 is 20.1 Å². The van der Waals surface area contributed by atoms with E-state index in [2.05, 4.69) is 22.3 Å². The number of fused-ring (bicyclic) bond motifs is 3. The molecule has 2 N–H and O–H groups in total. The van der Waals surface area contributed by atoms with Crippen molar-refractivity contribution in [1.82, 2.24) is 15.1 Å². The predicted molar refractivity (Wildman–Crippen MR) is 130 cm³/mol. The van der Waals surface area contributed by atoms with E-state index in [0.29, 0.717) is 19.1 Å². The molecule has 8 nitrogen and oxygen atoms in total. The Morgan fingerprint density at radius 3 is 2.23 bits per heavy atom. The molecule has 2 aromatic rings. The summed E-state index contributed by atoms with van der Waals surface area (Å²) in [6.07, 6.45) is 1.97. The van der Waals surface area contributed by atoms with Crippen molar-refractivity contribution < 1.29 is 24.2 Å². The molecule has 35 heavy (non-hydrogen) atoms. The van der Waals surface area contributed by atoms with Crippen LogP contribution in [-0.4, -0.2) is 77.7 Å². The van der Waals surface area contributed by atoms with Crippen molar-refractivity contribution in [3.8, 4) is 11.1 Å². The third kappa shape index (κ3) is 4.89. The quantitative estimate of drug-likeness (QED) is 0.636. The van der Waals surface area contributed by atoms with Gasteiger partial charge in [-0.2, -0.15) is 0 Å². The number of alkyl carbamates (subject to hydrolysis) is 1. The Balaban J connectivity index is 1.22. The third-order valence-electron chi connectivity index (χ3n) is 7.44. The molecule has 2 saturated heterocycles. The number of aliphatic carboxylic acids is 1. The van der Waals surface area contributed by atoms with Gasteiger partial charge in [0.25, 0.3) is 0 Å². The van der Waals surface area contributed by atoms with Crippen molar-refractivity contribution >= 4 is 18.0 Å². The molecule has 2 heterocycles. The summed E-state index contributed by atoms with van der Waals surface area (Å²) in [5, 5.41) is 11.9. The van der Waals surface area contributed by atoms with Gasteiger partial charge in [0.2, 0.25) is 5.91 Å². The lowest BCUT2D eigenvalue weighted by Gasteiger charge is -2.26. The topological polar surface area (TPSA) is 99.2 Å². The maximum Gasteiger partial charge on any atom is 0.407 e. The Hall–Kier alpha value is -3.39. The number of nitrogens with zero attached hydrogens (tertiary/aromatic N) is 2. The molecule has 1 aliphatic carbocycles.